The molecule has 1 fully saturated rings. The number of amides is 1. The summed E-state index contributed by atoms with van der Waals surface area (Å²) in [5.41, 5.74) is 12.6. The highest BCUT2D eigenvalue weighted by atomic mass is 16.1. The monoisotopic (exact) mass is 262 g/mol. The molecule has 5 heteroatoms. The molecule has 1 aromatic rings. The van der Waals surface area contributed by atoms with Gasteiger partial charge < -0.3 is 16.8 Å². The van der Waals surface area contributed by atoms with E-state index in [0.29, 0.717) is 0 Å². The van der Waals surface area contributed by atoms with Crippen LogP contribution in [0, 0.1) is 5.92 Å². The van der Waals surface area contributed by atoms with E-state index in [9.17, 15) is 4.79 Å². The van der Waals surface area contributed by atoms with E-state index in [2.05, 4.69) is 10.3 Å². The first-order valence-corrected chi connectivity index (χ1v) is 6.76. The third-order valence-corrected chi connectivity index (χ3v) is 4.14. The molecule has 0 saturated heterocycles. The Morgan fingerprint density at radius 2 is 2.00 bits per heavy atom. The quantitative estimate of drug-likeness (QED) is 0.764. The van der Waals surface area contributed by atoms with E-state index in [-0.39, 0.29) is 23.4 Å². The Morgan fingerprint density at radius 3 is 2.53 bits per heavy atom. The topological polar surface area (TPSA) is 94.0 Å². The smallest absolute Gasteiger partial charge is 0.227 e. The summed E-state index contributed by atoms with van der Waals surface area (Å²) in [5, 5.41) is 2.92. The van der Waals surface area contributed by atoms with Crippen LogP contribution in [0.25, 0.3) is 0 Å². The van der Waals surface area contributed by atoms with Crippen molar-refractivity contribution >= 4 is 11.6 Å². The fraction of sp³-hybridized carbons (Fsp3) is 0.571. The molecule has 1 aromatic heterocycles. The van der Waals surface area contributed by atoms with Crippen LogP contribution >= 0.6 is 0 Å². The number of hydrogen-bond acceptors (Lipinski definition) is 4. The predicted molar refractivity (Wildman–Crippen MR) is 75.4 cm³/mol. The second kappa shape index (κ2) is 5.67. The van der Waals surface area contributed by atoms with Crippen molar-refractivity contribution in [3.05, 3.63) is 24.5 Å². The van der Waals surface area contributed by atoms with Gasteiger partial charge in [0.25, 0.3) is 0 Å². The zero-order chi connectivity index (χ0) is 13.9. The third kappa shape index (κ3) is 3.30. The maximum absolute atomic E-state index is 12.1. The number of rotatable bonds is 3. The minimum Gasteiger partial charge on any atom is -0.326 e. The fourth-order valence-corrected chi connectivity index (χ4v) is 2.55. The molecular weight excluding hydrogens is 240 g/mol. The van der Waals surface area contributed by atoms with Gasteiger partial charge in [0, 0.05) is 35.6 Å². The first-order chi connectivity index (χ1) is 9.01. The summed E-state index contributed by atoms with van der Waals surface area (Å²) in [5.74, 6) is 0.0986. The zero-order valence-corrected chi connectivity index (χ0v) is 11.3. The van der Waals surface area contributed by atoms with Gasteiger partial charge in [-0.1, -0.05) is 0 Å². The molecule has 0 aromatic carbocycles. The summed E-state index contributed by atoms with van der Waals surface area (Å²) in [6.45, 7) is 1.94. The number of carbonyl (C=O) groups excluding carboxylic acids is 1. The lowest BCUT2D eigenvalue weighted by molar-refractivity contribution is -0.121. The average molecular weight is 262 g/mol. The Bertz CT molecular complexity index is 424. The lowest BCUT2D eigenvalue weighted by Crippen LogP contribution is -2.56. The standard InChI is InChI=1S/C14H22N4O/c1-10(15)14(16)6-2-11(3-7-14)13(19)18-12-4-8-17-9-5-12/h4-5,8-11H,2-3,6-7,15-16H2,1H3,(H,17,18,19)/t10-,11?,14?/m1/s1. The number of nitrogens with one attached hydrogen (secondary N) is 1. The lowest BCUT2D eigenvalue weighted by Gasteiger charge is -2.39. The molecule has 5 nitrogen and oxygen atoms in total. The van der Waals surface area contributed by atoms with Gasteiger partial charge in [-0.3, -0.25) is 9.78 Å². The summed E-state index contributed by atoms with van der Waals surface area (Å²) in [4.78, 5) is 16.1. The van der Waals surface area contributed by atoms with Gasteiger partial charge in [-0.25, -0.2) is 0 Å². The van der Waals surface area contributed by atoms with Gasteiger partial charge in [0.2, 0.25) is 5.91 Å². The Hall–Kier alpha value is -1.46. The molecule has 0 unspecified atom stereocenters. The Balaban J connectivity index is 1.90. The maximum atomic E-state index is 12.1. The van der Waals surface area contributed by atoms with E-state index in [1.807, 2.05) is 6.92 Å². The number of aromatic nitrogens is 1. The molecule has 2 rings (SSSR count). The summed E-state index contributed by atoms with van der Waals surface area (Å²) >= 11 is 0. The van der Waals surface area contributed by atoms with Crippen molar-refractivity contribution in [2.45, 2.75) is 44.2 Å². The van der Waals surface area contributed by atoms with Gasteiger partial charge in [0.15, 0.2) is 0 Å². The van der Waals surface area contributed by atoms with Crippen LogP contribution in [0.2, 0.25) is 0 Å². The fourth-order valence-electron chi connectivity index (χ4n) is 2.55. The molecule has 0 radical (unpaired) electrons. The van der Waals surface area contributed by atoms with Crippen molar-refractivity contribution in [1.82, 2.24) is 4.98 Å². The summed E-state index contributed by atoms with van der Waals surface area (Å²) in [6.07, 6.45) is 6.54. The SMILES string of the molecule is C[C@@H](N)C1(N)CCC(C(=O)Nc2ccncc2)CC1. The number of anilines is 1. The lowest BCUT2D eigenvalue weighted by atomic mass is 9.73. The minimum absolute atomic E-state index is 0.0308. The van der Waals surface area contributed by atoms with Gasteiger partial charge in [-0.15, -0.1) is 0 Å². The highest BCUT2D eigenvalue weighted by Crippen LogP contribution is 2.32. The van der Waals surface area contributed by atoms with Crippen molar-refractivity contribution in [2.75, 3.05) is 5.32 Å². The molecule has 5 N–H and O–H groups in total. The number of nitrogens with zero attached hydrogens (tertiary/aromatic N) is 1. The number of hydrogen-bond donors (Lipinski definition) is 3. The molecule has 1 heterocycles. The van der Waals surface area contributed by atoms with E-state index in [4.69, 9.17) is 11.5 Å². The van der Waals surface area contributed by atoms with Gasteiger partial charge in [-0.2, -0.15) is 0 Å². The molecule has 1 saturated carbocycles. The number of nitrogens with two attached hydrogens (primary N) is 2. The second-order valence-electron chi connectivity index (χ2n) is 5.52. The molecule has 0 aliphatic heterocycles. The minimum atomic E-state index is -0.312. The summed E-state index contributed by atoms with van der Waals surface area (Å²) in [7, 11) is 0. The van der Waals surface area contributed by atoms with Crippen molar-refractivity contribution in [3.63, 3.8) is 0 Å². The highest BCUT2D eigenvalue weighted by molar-refractivity contribution is 5.92. The Kier molecular flexibility index (Phi) is 4.17. The van der Waals surface area contributed by atoms with Crippen LogP contribution in [0.4, 0.5) is 5.69 Å². The van der Waals surface area contributed by atoms with E-state index in [1.165, 1.54) is 0 Å². The van der Waals surface area contributed by atoms with Crippen LogP contribution in [0.3, 0.4) is 0 Å². The first-order valence-electron chi connectivity index (χ1n) is 6.76. The first kappa shape index (κ1) is 14.0. The van der Waals surface area contributed by atoms with Gasteiger partial charge >= 0.3 is 0 Å². The van der Waals surface area contributed by atoms with Crippen molar-refractivity contribution in [1.29, 1.82) is 0 Å². The van der Waals surface area contributed by atoms with Crippen LogP contribution < -0.4 is 16.8 Å². The molecular formula is C14H22N4O. The maximum Gasteiger partial charge on any atom is 0.227 e. The molecule has 1 aliphatic rings. The number of pyridine rings is 1. The molecule has 1 atom stereocenters. The molecule has 1 aliphatic carbocycles. The van der Waals surface area contributed by atoms with Gasteiger partial charge in [-0.05, 0) is 44.7 Å². The normalized spacial score (nSPS) is 28.7. The molecule has 0 bridgehead atoms. The Morgan fingerprint density at radius 1 is 1.42 bits per heavy atom. The predicted octanol–water partition coefficient (Wildman–Crippen LogP) is 1.25. The van der Waals surface area contributed by atoms with Crippen molar-refractivity contribution in [2.24, 2.45) is 17.4 Å². The van der Waals surface area contributed by atoms with E-state index < -0.39 is 0 Å². The summed E-state index contributed by atoms with van der Waals surface area (Å²) in [6, 6.07) is 3.54. The molecule has 104 valence electrons. The zero-order valence-electron chi connectivity index (χ0n) is 11.3. The second-order valence-corrected chi connectivity index (χ2v) is 5.52. The van der Waals surface area contributed by atoms with Crippen LogP contribution in [-0.4, -0.2) is 22.5 Å². The van der Waals surface area contributed by atoms with E-state index in [0.717, 1.165) is 31.4 Å². The number of carbonyl (C=O) groups is 1. The van der Waals surface area contributed by atoms with Gasteiger partial charge in [0.05, 0.1) is 0 Å². The van der Waals surface area contributed by atoms with Crippen LogP contribution in [0.1, 0.15) is 32.6 Å². The van der Waals surface area contributed by atoms with Crippen molar-refractivity contribution in [3.8, 4) is 0 Å². The average Bonchev–Trinajstić information content (AvgIpc) is 2.40. The van der Waals surface area contributed by atoms with Crippen molar-refractivity contribution < 1.29 is 4.79 Å². The van der Waals surface area contributed by atoms with Crippen LogP contribution in [-0.2, 0) is 4.79 Å². The third-order valence-electron chi connectivity index (χ3n) is 4.14. The van der Waals surface area contributed by atoms with Crippen LogP contribution in [0.5, 0.6) is 0 Å². The highest BCUT2D eigenvalue weighted by Gasteiger charge is 2.36. The largest absolute Gasteiger partial charge is 0.326 e. The van der Waals surface area contributed by atoms with Gasteiger partial charge in [0.1, 0.15) is 0 Å². The molecule has 0 spiro atoms. The van der Waals surface area contributed by atoms with E-state index >= 15 is 0 Å². The summed E-state index contributed by atoms with van der Waals surface area (Å²) < 4.78 is 0. The molecule has 19 heavy (non-hydrogen) atoms. The molecule has 1 amide bonds. The van der Waals surface area contributed by atoms with E-state index in [1.54, 1.807) is 24.5 Å². The van der Waals surface area contributed by atoms with Crippen LogP contribution in [0.15, 0.2) is 24.5 Å². The Labute approximate surface area is 113 Å².